The fourth-order valence-corrected chi connectivity index (χ4v) is 2.67. The Morgan fingerprint density at radius 2 is 2.00 bits per heavy atom. The van der Waals surface area contributed by atoms with Crippen LogP contribution in [0.2, 0.25) is 0 Å². The molecule has 0 radical (unpaired) electrons. The van der Waals surface area contributed by atoms with Gasteiger partial charge in [0.15, 0.2) is 11.6 Å². The van der Waals surface area contributed by atoms with E-state index in [1.54, 1.807) is 0 Å². The third-order valence-corrected chi connectivity index (χ3v) is 3.40. The first-order valence-electron chi connectivity index (χ1n) is 6.41. The Labute approximate surface area is 102 Å². The second-order valence-corrected chi connectivity index (χ2v) is 4.70. The average molecular weight is 234 g/mol. The van der Waals surface area contributed by atoms with Crippen LogP contribution in [0.4, 0.5) is 4.39 Å². The van der Waals surface area contributed by atoms with Crippen LogP contribution in [-0.2, 0) is 0 Å². The van der Waals surface area contributed by atoms with E-state index in [9.17, 15) is 9.50 Å². The summed E-state index contributed by atoms with van der Waals surface area (Å²) in [5.41, 5.74) is 2.96. The van der Waals surface area contributed by atoms with Gasteiger partial charge in [-0.3, -0.25) is 0 Å². The van der Waals surface area contributed by atoms with Crippen LogP contribution < -0.4 is 0 Å². The Kier molecular flexibility index (Phi) is 3.51. The molecule has 1 aliphatic carbocycles. The summed E-state index contributed by atoms with van der Waals surface area (Å²) in [6, 6.07) is 3.20. The summed E-state index contributed by atoms with van der Waals surface area (Å²) in [4.78, 5) is 0. The van der Waals surface area contributed by atoms with Crippen LogP contribution >= 0.6 is 0 Å². The average Bonchev–Trinajstić information content (AvgIpc) is 2.64. The second kappa shape index (κ2) is 4.91. The van der Waals surface area contributed by atoms with E-state index in [0.29, 0.717) is 5.92 Å². The zero-order chi connectivity index (χ0) is 12.4. The normalized spacial score (nSPS) is 18.1. The highest BCUT2D eigenvalue weighted by Crippen LogP contribution is 2.45. The first-order valence-corrected chi connectivity index (χ1v) is 6.41. The lowest BCUT2D eigenvalue weighted by molar-refractivity contribution is 0.429. The molecule has 1 nitrogen and oxygen atoms in total. The molecule has 0 saturated carbocycles. The first kappa shape index (κ1) is 12.2. The minimum Gasteiger partial charge on any atom is -0.504 e. The largest absolute Gasteiger partial charge is 0.504 e. The van der Waals surface area contributed by atoms with Crippen LogP contribution in [0.15, 0.2) is 18.2 Å². The number of fused-ring (bicyclic) bond motifs is 1. The number of benzene rings is 1. The lowest BCUT2D eigenvalue weighted by atomic mass is 9.95. The summed E-state index contributed by atoms with van der Waals surface area (Å²) in [7, 11) is 0. The van der Waals surface area contributed by atoms with E-state index in [-0.39, 0.29) is 5.75 Å². The monoisotopic (exact) mass is 234 g/mol. The molecular weight excluding hydrogens is 215 g/mol. The van der Waals surface area contributed by atoms with E-state index >= 15 is 0 Å². The summed E-state index contributed by atoms with van der Waals surface area (Å²) in [5.74, 6) is -0.327. The molecule has 1 aliphatic rings. The summed E-state index contributed by atoms with van der Waals surface area (Å²) in [6.07, 6.45) is 6.28. The van der Waals surface area contributed by atoms with Crippen LogP contribution in [0.5, 0.6) is 5.75 Å². The molecule has 1 atom stereocenters. The number of hydrogen-bond donors (Lipinski definition) is 1. The van der Waals surface area contributed by atoms with Crippen molar-refractivity contribution < 1.29 is 9.50 Å². The van der Waals surface area contributed by atoms with Gasteiger partial charge in [-0.25, -0.2) is 4.39 Å². The SMILES string of the molecule is CCCC1=CC(CCC)c2ccc(F)c(O)c21. The van der Waals surface area contributed by atoms with Crippen molar-refractivity contribution in [3.05, 3.63) is 35.2 Å². The molecule has 0 aromatic heterocycles. The molecular formula is C15H19FO. The first-order chi connectivity index (χ1) is 8.19. The number of phenolic OH excluding ortho intramolecular Hbond substituents is 1. The molecule has 1 aromatic carbocycles. The summed E-state index contributed by atoms with van der Waals surface area (Å²) in [5, 5.41) is 9.89. The summed E-state index contributed by atoms with van der Waals surface area (Å²) < 4.78 is 13.4. The number of allylic oxidation sites excluding steroid dienone is 2. The highest BCUT2D eigenvalue weighted by atomic mass is 19.1. The molecule has 0 bridgehead atoms. The van der Waals surface area contributed by atoms with E-state index in [4.69, 9.17) is 0 Å². The molecule has 0 heterocycles. The number of rotatable bonds is 4. The van der Waals surface area contributed by atoms with Gasteiger partial charge >= 0.3 is 0 Å². The Hall–Kier alpha value is -1.31. The van der Waals surface area contributed by atoms with Gasteiger partial charge in [0.1, 0.15) is 0 Å². The highest BCUT2D eigenvalue weighted by Gasteiger charge is 2.26. The number of aromatic hydroxyl groups is 1. The molecule has 2 rings (SSSR count). The van der Waals surface area contributed by atoms with E-state index in [1.165, 1.54) is 6.07 Å². The van der Waals surface area contributed by atoms with Crippen molar-refractivity contribution in [1.29, 1.82) is 0 Å². The van der Waals surface area contributed by atoms with Gasteiger partial charge < -0.3 is 5.11 Å². The highest BCUT2D eigenvalue weighted by molar-refractivity contribution is 5.78. The Morgan fingerprint density at radius 3 is 2.65 bits per heavy atom. The molecule has 1 aromatic rings. The fourth-order valence-electron chi connectivity index (χ4n) is 2.67. The third kappa shape index (κ3) is 2.08. The van der Waals surface area contributed by atoms with Gasteiger partial charge in [0, 0.05) is 11.5 Å². The standard InChI is InChI=1S/C15H19FO/c1-3-5-10-9-11(6-4-2)14-12(10)7-8-13(16)15(14)17/h7-10,17H,3-6H2,1-2H3. The van der Waals surface area contributed by atoms with Gasteiger partial charge in [0.2, 0.25) is 0 Å². The fraction of sp³-hybridized carbons (Fsp3) is 0.467. The number of phenols is 1. The molecule has 0 fully saturated rings. The van der Waals surface area contributed by atoms with Crippen molar-refractivity contribution in [2.24, 2.45) is 0 Å². The molecule has 17 heavy (non-hydrogen) atoms. The van der Waals surface area contributed by atoms with Crippen molar-refractivity contribution in [1.82, 2.24) is 0 Å². The zero-order valence-corrected chi connectivity index (χ0v) is 10.5. The van der Waals surface area contributed by atoms with Gasteiger partial charge in [-0.15, -0.1) is 0 Å². The van der Waals surface area contributed by atoms with Crippen LogP contribution in [-0.4, -0.2) is 5.11 Å². The molecule has 0 amide bonds. The van der Waals surface area contributed by atoms with Crippen LogP contribution in [0.3, 0.4) is 0 Å². The van der Waals surface area contributed by atoms with Crippen molar-refractivity contribution in [2.75, 3.05) is 0 Å². The van der Waals surface area contributed by atoms with E-state index in [0.717, 1.165) is 42.4 Å². The Bertz CT molecular complexity index is 448. The molecule has 0 spiro atoms. The minimum absolute atomic E-state index is 0.166. The number of halogens is 1. The molecule has 92 valence electrons. The second-order valence-electron chi connectivity index (χ2n) is 4.70. The number of hydrogen-bond acceptors (Lipinski definition) is 1. The van der Waals surface area contributed by atoms with Gasteiger partial charge in [0.25, 0.3) is 0 Å². The molecule has 0 saturated heterocycles. The maximum Gasteiger partial charge on any atom is 0.165 e. The van der Waals surface area contributed by atoms with Crippen LogP contribution in [0, 0.1) is 5.82 Å². The Balaban J connectivity index is 2.47. The smallest absolute Gasteiger partial charge is 0.165 e. The predicted molar refractivity (Wildman–Crippen MR) is 68.6 cm³/mol. The van der Waals surface area contributed by atoms with Gasteiger partial charge in [-0.1, -0.05) is 38.8 Å². The van der Waals surface area contributed by atoms with Crippen molar-refractivity contribution in [3.63, 3.8) is 0 Å². The van der Waals surface area contributed by atoms with E-state index in [2.05, 4.69) is 19.9 Å². The predicted octanol–water partition coefficient (Wildman–Crippen LogP) is 4.61. The van der Waals surface area contributed by atoms with Crippen molar-refractivity contribution in [3.8, 4) is 5.75 Å². The van der Waals surface area contributed by atoms with Crippen LogP contribution in [0.1, 0.15) is 56.6 Å². The quantitative estimate of drug-likeness (QED) is 0.806. The molecule has 1 unspecified atom stereocenters. The van der Waals surface area contributed by atoms with Gasteiger partial charge in [0.05, 0.1) is 0 Å². The minimum atomic E-state index is -0.511. The lowest BCUT2D eigenvalue weighted by Gasteiger charge is -2.11. The lowest BCUT2D eigenvalue weighted by Crippen LogP contribution is -1.94. The van der Waals surface area contributed by atoms with E-state index < -0.39 is 5.82 Å². The van der Waals surface area contributed by atoms with Crippen molar-refractivity contribution in [2.45, 2.75) is 45.4 Å². The maximum atomic E-state index is 13.4. The summed E-state index contributed by atoms with van der Waals surface area (Å²) >= 11 is 0. The zero-order valence-electron chi connectivity index (χ0n) is 10.5. The molecule has 1 N–H and O–H groups in total. The molecule has 2 heteroatoms. The van der Waals surface area contributed by atoms with Crippen molar-refractivity contribution >= 4 is 5.57 Å². The Morgan fingerprint density at radius 1 is 1.24 bits per heavy atom. The third-order valence-electron chi connectivity index (χ3n) is 3.40. The van der Waals surface area contributed by atoms with Crippen LogP contribution in [0.25, 0.3) is 5.57 Å². The summed E-state index contributed by atoms with van der Waals surface area (Å²) in [6.45, 7) is 4.25. The molecule has 0 aliphatic heterocycles. The topological polar surface area (TPSA) is 20.2 Å². The van der Waals surface area contributed by atoms with Gasteiger partial charge in [-0.05, 0) is 30.0 Å². The maximum absolute atomic E-state index is 13.4. The van der Waals surface area contributed by atoms with Gasteiger partial charge in [-0.2, -0.15) is 0 Å². The van der Waals surface area contributed by atoms with E-state index in [1.807, 2.05) is 6.07 Å².